The zero-order valence-electron chi connectivity index (χ0n) is 11.0. The van der Waals surface area contributed by atoms with Crippen molar-refractivity contribution in [3.8, 4) is 0 Å². The average Bonchev–Trinajstić information content (AvgIpc) is 2.29. The zero-order chi connectivity index (χ0) is 12.9. The van der Waals surface area contributed by atoms with Gasteiger partial charge in [0.1, 0.15) is 5.78 Å². The molecule has 0 aromatic heterocycles. The SMILES string of the molecule is CCCCCCC(=O)CCCCCCC(I)I. The Labute approximate surface area is 134 Å². The van der Waals surface area contributed by atoms with Gasteiger partial charge in [-0.25, -0.2) is 0 Å². The molecular weight excluding hydrogens is 438 g/mol. The van der Waals surface area contributed by atoms with E-state index in [0.29, 0.717) is 5.78 Å². The molecule has 0 aliphatic rings. The van der Waals surface area contributed by atoms with Crippen LogP contribution in [0.4, 0.5) is 0 Å². The van der Waals surface area contributed by atoms with Crippen LogP contribution >= 0.6 is 45.2 Å². The maximum atomic E-state index is 11.5. The lowest BCUT2D eigenvalue weighted by Gasteiger charge is -2.03. The van der Waals surface area contributed by atoms with Crippen LogP contribution in [0, 0.1) is 0 Å². The van der Waals surface area contributed by atoms with E-state index in [4.69, 9.17) is 0 Å². The molecule has 0 saturated carbocycles. The Kier molecular flexibility index (Phi) is 14.5. The molecule has 0 aliphatic heterocycles. The van der Waals surface area contributed by atoms with Gasteiger partial charge in [0.2, 0.25) is 0 Å². The van der Waals surface area contributed by atoms with Crippen molar-refractivity contribution >= 4 is 51.0 Å². The lowest BCUT2D eigenvalue weighted by atomic mass is 10.0. The lowest BCUT2D eigenvalue weighted by molar-refractivity contribution is -0.119. The van der Waals surface area contributed by atoms with E-state index < -0.39 is 0 Å². The van der Waals surface area contributed by atoms with Crippen molar-refractivity contribution in [1.82, 2.24) is 0 Å². The number of halogens is 2. The molecule has 0 aliphatic carbocycles. The fraction of sp³-hybridized carbons (Fsp3) is 0.929. The number of Topliss-reactive ketones (excluding diaryl/α,β-unsaturated/α-hetero) is 1. The van der Waals surface area contributed by atoms with Gasteiger partial charge in [0.15, 0.2) is 0 Å². The van der Waals surface area contributed by atoms with Crippen LogP contribution in [-0.4, -0.2) is 7.71 Å². The predicted molar refractivity (Wildman–Crippen MR) is 93.3 cm³/mol. The maximum absolute atomic E-state index is 11.5. The normalized spacial score (nSPS) is 11.1. The summed E-state index contributed by atoms with van der Waals surface area (Å²) in [5, 5.41) is 0. The molecule has 0 rings (SSSR count). The Morgan fingerprint density at radius 2 is 1.41 bits per heavy atom. The largest absolute Gasteiger partial charge is 0.300 e. The molecule has 0 saturated heterocycles. The summed E-state index contributed by atoms with van der Waals surface area (Å²) in [5.74, 6) is 0.488. The van der Waals surface area contributed by atoms with Gasteiger partial charge in [0.05, 0.1) is 1.93 Å². The number of rotatable bonds is 12. The van der Waals surface area contributed by atoms with Crippen molar-refractivity contribution in [1.29, 1.82) is 0 Å². The Bertz CT molecular complexity index is 181. The summed E-state index contributed by atoms with van der Waals surface area (Å²) in [6.07, 6.45) is 12.8. The van der Waals surface area contributed by atoms with Gasteiger partial charge in [0, 0.05) is 12.8 Å². The van der Waals surface area contributed by atoms with Gasteiger partial charge in [-0.3, -0.25) is 4.79 Å². The van der Waals surface area contributed by atoms with Crippen molar-refractivity contribution in [2.45, 2.75) is 79.5 Å². The predicted octanol–water partition coefficient (Wildman–Crippen LogP) is 6.06. The third kappa shape index (κ3) is 15.1. The van der Waals surface area contributed by atoms with Crippen molar-refractivity contribution in [2.75, 3.05) is 0 Å². The summed E-state index contributed by atoms with van der Waals surface area (Å²) in [4.78, 5) is 11.5. The van der Waals surface area contributed by atoms with Crippen molar-refractivity contribution < 1.29 is 4.79 Å². The van der Waals surface area contributed by atoms with E-state index in [2.05, 4.69) is 52.1 Å². The van der Waals surface area contributed by atoms with Gasteiger partial charge in [-0.1, -0.05) is 90.6 Å². The number of hydrogen-bond acceptors (Lipinski definition) is 1. The molecule has 3 heteroatoms. The number of carbonyl (C=O) groups excluding carboxylic acids is 1. The molecule has 0 atom stereocenters. The van der Waals surface area contributed by atoms with E-state index in [9.17, 15) is 4.79 Å². The van der Waals surface area contributed by atoms with Gasteiger partial charge >= 0.3 is 0 Å². The smallest absolute Gasteiger partial charge is 0.132 e. The quantitative estimate of drug-likeness (QED) is 0.195. The minimum Gasteiger partial charge on any atom is -0.300 e. The van der Waals surface area contributed by atoms with Crippen molar-refractivity contribution in [3.63, 3.8) is 0 Å². The Morgan fingerprint density at radius 1 is 0.882 bits per heavy atom. The molecule has 0 N–H and O–H groups in total. The molecule has 0 bridgehead atoms. The average molecular weight is 464 g/mol. The number of alkyl halides is 2. The van der Waals surface area contributed by atoms with E-state index in [1.54, 1.807) is 0 Å². The van der Waals surface area contributed by atoms with Gasteiger partial charge in [-0.05, 0) is 19.3 Å². The highest BCUT2D eigenvalue weighted by Crippen LogP contribution is 2.18. The summed E-state index contributed by atoms with van der Waals surface area (Å²) in [7, 11) is 0. The highest BCUT2D eigenvalue weighted by molar-refractivity contribution is 14.2. The third-order valence-corrected chi connectivity index (χ3v) is 4.18. The van der Waals surface area contributed by atoms with Crippen LogP contribution in [0.25, 0.3) is 0 Å². The molecule has 1 nitrogen and oxygen atoms in total. The molecule has 17 heavy (non-hydrogen) atoms. The second-order valence-electron chi connectivity index (χ2n) is 4.69. The number of hydrogen-bond donors (Lipinski definition) is 0. The van der Waals surface area contributed by atoms with Crippen LogP contribution < -0.4 is 0 Å². The summed E-state index contributed by atoms with van der Waals surface area (Å²) in [5.41, 5.74) is 0. The first-order chi connectivity index (χ1) is 8.16. The molecule has 0 amide bonds. The van der Waals surface area contributed by atoms with Gasteiger partial charge in [-0.2, -0.15) is 0 Å². The molecule has 0 aromatic rings. The van der Waals surface area contributed by atoms with E-state index in [1.807, 2.05) is 0 Å². The lowest BCUT2D eigenvalue weighted by Crippen LogP contribution is -1.97. The molecule has 0 aromatic carbocycles. The fourth-order valence-corrected chi connectivity index (χ4v) is 2.73. The first-order valence-corrected chi connectivity index (χ1v) is 9.45. The van der Waals surface area contributed by atoms with Gasteiger partial charge in [0.25, 0.3) is 0 Å². The van der Waals surface area contributed by atoms with Crippen LogP contribution in [-0.2, 0) is 4.79 Å². The van der Waals surface area contributed by atoms with E-state index >= 15 is 0 Å². The fourth-order valence-electron chi connectivity index (χ4n) is 1.85. The monoisotopic (exact) mass is 464 g/mol. The summed E-state index contributed by atoms with van der Waals surface area (Å²) >= 11 is 4.94. The molecule has 0 heterocycles. The standard InChI is InChI=1S/C14H26I2O/c1-2-3-4-7-10-13(17)11-8-5-6-9-12-14(15)16/h14H,2-12H2,1H3. The topological polar surface area (TPSA) is 17.1 Å². The van der Waals surface area contributed by atoms with E-state index in [-0.39, 0.29) is 0 Å². The summed E-state index contributed by atoms with van der Waals surface area (Å²) < 4.78 is 0.769. The number of ketones is 1. The minimum absolute atomic E-state index is 0.488. The van der Waals surface area contributed by atoms with Crippen LogP contribution in [0.2, 0.25) is 0 Å². The number of unbranched alkanes of at least 4 members (excludes halogenated alkanes) is 6. The summed E-state index contributed by atoms with van der Waals surface area (Å²) in [6.45, 7) is 2.21. The molecule has 0 spiro atoms. The summed E-state index contributed by atoms with van der Waals surface area (Å²) in [6, 6.07) is 0. The minimum atomic E-state index is 0.488. The van der Waals surface area contributed by atoms with Crippen molar-refractivity contribution in [3.05, 3.63) is 0 Å². The highest BCUT2D eigenvalue weighted by atomic mass is 127. The van der Waals surface area contributed by atoms with Crippen molar-refractivity contribution in [2.24, 2.45) is 0 Å². The van der Waals surface area contributed by atoms with Crippen LogP contribution in [0.5, 0.6) is 0 Å². The van der Waals surface area contributed by atoms with E-state index in [0.717, 1.165) is 27.6 Å². The first kappa shape index (κ1) is 18.1. The highest BCUT2D eigenvalue weighted by Gasteiger charge is 2.02. The molecule has 102 valence electrons. The molecule has 0 radical (unpaired) electrons. The zero-order valence-corrected chi connectivity index (χ0v) is 15.3. The second-order valence-corrected chi connectivity index (χ2v) is 10.1. The Hall–Kier alpha value is 1.13. The first-order valence-electron chi connectivity index (χ1n) is 6.96. The van der Waals surface area contributed by atoms with Crippen LogP contribution in [0.3, 0.4) is 0 Å². The molecular formula is C14H26I2O. The second kappa shape index (κ2) is 13.6. The maximum Gasteiger partial charge on any atom is 0.132 e. The number of carbonyl (C=O) groups is 1. The third-order valence-electron chi connectivity index (χ3n) is 2.94. The van der Waals surface area contributed by atoms with E-state index in [1.165, 1.54) is 44.9 Å². The Morgan fingerprint density at radius 3 is 1.94 bits per heavy atom. The van der Waals surface area contributed by atoms with Crippen LogP contribution in [0.15, 0.2) is 0 Å². The Balaban J connectivity index is 3.16. The molecule has 0 unspecified atom stereocenters. The molecule has 0 fully saturated rings. The van der Waals surface area contributed by atoms with Crippen LogP contribution in [0.1, 0.15) is 77.6 Å². The van der Waals surface area contributed by atoms with Gasteiger partial charge < -0.3 is 0 Å². The van der Waals surface area contributed by atoms with Gasteiger partial charge in [-0.15, -0.1) is 0 Å².